The number of hydrogen-bond acceptors (Lipinski definition) is 6. The van der Waals surface area contributed by atoms with Gasteiger partial charge in [0.2, 0.25) is 0 Å². The van der Waals surface area contributed by atoms with Crippen molar-refractivity contribution in [2.24, 2.45) is 0 Å². The van der Waals surface area contributed by atoms with E-state index in [0.29, 0.717) is 36.4 Å². The van der Waals surface area contributed by atoms with Crippen LogP contribution in [0.3, 0.4) is 0 Å². The Bertz CT molecular complexity index is 1470. The second kappa shape index (κ2) is 10.8. The number of nitrogens with zero attached hydrogens (tertiary/aromatic N) is 5. The van der Waals surface area contributed by atoms with Crippen LogP contribution in [0.25, 0.3) is 22.0 Å². The molecule has 2 aliphatic rings. The zero-order valence-corrected chi connectivity index (χ0v) is 21.7. The van der Waals surface area contributed by atoms with Crippen molar-refractivity contribution in [2.75, 3.05) is 31.5 Å². The minimum absolute atomic E-state index is 0.110. The first-order valence-electron chi connectivity index (χ1n) is 13.4. The number of rotatable bonds is 7. The van der Waals surface area contributed by atoms with Crippen molar-refractivity contribution < 1.29 is 13.6 Å². The van der Waals surface area contributed by atoms with Crippen molar-refractivity contribution in [3.8, 4) is 11.1 Å². The van der Waals surface area contributed by atoms with Gasteiger partial charge in [0.1, 0.15) is 0 Å². The van der Waals surface area contributed by atoms with Gasteiger partial charge in [-0.15, -0.1) is 0 Å². The fourth-order valence-corrected chi connectivity index (χ4v) is 5.40. The number of benzene rings is 1. The average Bonchev–Trinajstić information content (AvgIpc) is 3.60. The minimum atomic E-state index is -2.56. The molecule has 5 heterocycles. The maximum Gasteiger partial charge on any atom is 0.276 e. The number of carbonyl (C=O) groups excluding carboxylic acids is 1. The highest BCUT2D eigenvalue weighted by molar-refractivity contribution is 6.11. The molecular formula is C29H31F2N7O. The van der Waals surface area contributed by atoms with Gasteiger partial charge in [-0.1, -0.05) is 6.07 Å². The second-order valence-electron chi connectivity index (χ2n) is 10.5. The monoisotopic (exact) mass is 531 g/mol. The molecule has 1 aromatic carbocycles. The third-order valence-electron chi connectivity index (χ3n) is 7.56. The summed E-state index contributed by atoms with van der Waals surface area (Å²) in [4.78, 5) is 26.5. The Hall–Kier alpha value is -3.76. The van der Waals surface area contributed by atoms with Crippen LogP contribution >= 0.6 is 0 Å². The summed E-state index contributed by atoms with van der Waals surface area (Å²) in [6.07, 6.45) is 7.47. The second-order valence-corrected chi connectivity index (χ2v) is 10.5. The number of likely N-dealkylation sites (tertiary alicyclic amines) is 2. The fraction of sp³-hybridized carbons (Fsp3) is 0.379. The van der Waals surface area contributed by atoms with E-state index in [9.17, 15) is 13.6 Å². The third kappa shape index (κ3) is 5.97. The predicted octanol–water partition coefficient (Wildman–Crippen LogP) is 5.10. The summed E-state index contributed by atoms with van der Waals surface area (Å²) in [6.45, 7) is 4.24. The van der Waals surface area contributed by atoms with Gasteiger partial charge in [-0.2, -0.15) is 5.10 Å². The molecule has 0 radical (unpaired) electrons. The predicted molar refractivity (Wildman–Crippen MR) is 145 cm³/mol. The molecule has 0 unspecified atom stereocenters. The largest absolute Gasteiger partial charge is 0.320 e. The molecule has 8 nitrogen and oxygen atoms in total. The summed E-state index contributed by atoms with van der Waals surface area (Å²) < 4.78 is 27.1. The molecule has 3 aromatic heterocycles. The molecule has 0 spiro atoms. The van der Waals surface area contributed by atoms with Crippen LogP contribution in [0.15, 0.2) is 55.0 Å². The lowest BCUT2D eigenvalue weighted by Crippen LogP contribution is -2.38. The van der Waals surface area contributed by atoms with E-state index in [1.807, 2.05) is 35.2 Å². The number of halogens is 2. The van der Waals surface area contributed by atoms with Gasteiger partial charge in [0.05, 0.1) is 11.2 Å². The Morgan fingerprint density at radius 3 is 2.56 bits per heavy atom. The zero-order valence-electron chi connectivity index (χ0n) is 21.7. The molecule has 0 saturated carbocycles. The lowest BCUT2D eigenvalue weighted by atomic mass is 10.0. The van der Waals surface area contributed by atoms with Crippen LogP contribution in [0, 0.1) is 0 Å². The van der Waals surface area contributed by atoms with Crippen LogP contribution in [0.2, 0.25) is 0 Å². The van der Waals surface area contributed by atoms with E-state index in [2.05, 4.69) is 30.4 Å². The molecule has 4 aromatic rings. The first-order chi connectivity index (χ1) is 18.9. The van der Waals surface area contributed by atoms with Crippen LogP contribution in [-0.4, -0.2) is 68.0 Å². The van der Waals surface area contributed by atoms with Crippen LogP contribution in [0.5, 0.6) is 0 Å². The molecule has 0 atom stereocenters. The summed E-state index contributed by atoms with van der Waals surface area (Å²) >= 11 is 0. The number of pyridine rings is 2. The van der Waals surface area contributed by atoms with Crippen molar-refractivity contribution in [1.82, 2.24) is 30.0 Å². The van der Waals surface area contributed by atoms with Gasteiger partial charge in [0.25, 0.3) is 11.8 Å². The first kappa shape index (κ1) is 25.5. The Morgan fingerprint density at radius 2 is 1.74 bits per heavy atom. The minimum Gasteiger partial charge on any atom is -0.320 e. The molecule has 2 saturated heterocycles. The number of H-pyrrole nitrogens is 1. The Morgan fingerprint density at radius 1 is 0.949 bits per heavy atom. The van der Waals surface area contributed by atoms with E-state index in [1.54, 1.807) is 24.7 Å². The number of hydrogen-bond donors (Lipinski definition) is 2. The summed E-state index contributed by atoms with van der Waals surface area (Å²) in [5.41, 5.74) is 5.43. The van der Waals surface area contributed by atoms with E-state index in [-0.39, 0.29) is 18.7 Å². The molecule has 2 aliphatic heterocycles. The smallest absolute Gasteiger partial charge is 0.276 e. The quantitative estimate of drug-likeness (QED) is 0.345. The van der Waals surface area contributed by atoms with E-state index in [0.717, 1.165) is 47.5 Å². The molecule has 1 amide bonds. The number of carbonyl (C=O) groups is 1. The van der Waals surface area contributed by atoms with Crippen molar-refractivity contribution in [2.45, 2.75) is 44.7 Å². The Kier molecular flexibility index (Phi) is 7.05. The number of aromatic nitrogens is 4. The Balaban J connectivity index is 1.18. The van der Waals surface area contributed by atoms with Crippen LogP contribution in [-0.2, 0) is 13.1 Å². The Labute approximate surface area is 225 Å². The van der Waals surface area contributed by atoms with E-state index in [4.69, 9.17) is 0 Å². The molecule has 6 rings (SSSR count). The summed E-state index contributed by atoms with van der Waals surface area (Å²) in [5.74, 6) is -2.86. The van der Waals surface area contributed by atoms with Gasteiger partial charge in [-0.3, -0.25) is 29.7 Å². The van der Waals surface area contributed by atoms with E-state index in [1.165, 1.54) is 12.8 Å². The molecule has 0 aliphatic carbocycles. The number of piperidine rings is 1. The van der Waals surface area contributed by atoms with Crippen LogP contribution in [0.4, 0.5) is 14.5 Å². The highest BCUT2D eigenvalue weighted by atomic mass is 19.3. The summed E-state index contributed by atoms with van der Waals surface area (Å²) in [7, 11) is 0. The number of amides is 1. The highest BCUT2D eigenvalue weighted by Gasteiger charge is 2.33. The number of alkyl halides is 2. The molecule has 2 N–H and O–H groups in total. The van der Waals surface area contributed by atoms with Gasteiger partial charge in [-0.25, -0.2) is 8.78 Å². The van der Waals surface area contributed by atoms with Gasteiger partial charge in [0.15, 0.2) is 5.69 Å². The van der Waals surface area contributed by atoms with E-state index >= 15 is 0 Å². The zero-order chi connectivity index (χ0) is 26.8. The molecule has 0 bridgehead atoms. The topological polar surface area (TPSA) is 90.0 Å². The molecule has 202 valence electrons. The lowest BCUT2D eigenvalue weighted by molar-refractivity contribution is -0.0566. The maximum absolute atomic E-state index is 13.5. The number of aromatic amines is 1. The van der Waals surface area contributed by atoms with E-state index < -0.39 is 5.92 Å². The average molecular weight is 532 g/mol. The van der Waals surface area contributed by atoms with Crippen molar-refractivity contribution in [1.29, 1.82) is 0 Å². The normalized spacial score (nSPS) is 18.0. The SMILES string of the molecule is O=C(Nc1ccnc(CN2CCCC2)c1)c1n[nH]c2ccc(-c3cncc(CN4CCC(F)(F)CC4)c3)cc12. The van der Waals surface area contributed by atoms with Crippen LogP contribution < -0.4 is 5.32 Å². The van der Waals surface area contributed by atoms with Gasteiger partial charge in [0, 0.05) is 74.2 Å². The molecular weight excluding hydrogens is 500 g/mol. The standard InChI is InChI=1S/C29H31F2N7O/c30-29(31)6-11-38(12-7-29)18-20-13-22(17-32-16-20)21-3-4-26-25(14-21)27(36-35-26)28(39)34-23-5-8-33-24(15-23)19-37-9-1-2-10-37/h3-5,8,13-17H,1-2,6-7,9-12,18-19H2,(H,35,36)(H,33,34,39). The van der Waals surface area contributed by atoms with Crippen molar-refractivity contribution in [3.63, 3.8) is 0 Å². The molecule has 2 fully saturated rings. The first-order valence-corrected chi connectivity index (χ1v) is 13.4. The lowest BCUT2D eigenvalue weighted by Gasteiger charge is -2.31. The summed E-state index contributed by atoms with van der Waals surface area (Å²) in [6, 6.07) is 11.5. The molecule has 10 heteroatoms. The maximum atomic E-state index is 13.5. The van der Waals surface area contributed by atoms with Crippen LogP contribution in [0.1, 0.15) is 47.4 Å². The summed E-state index contributed by atoms with van der Waals surface area (Å²) in [5, 5.41) is 10.9. The van der Waals surface area contributed by atoms with Gasteiger partial charge in [-0.05, 0) is 67.4 Å². The van der Waals surface area contributed by atoms with Crippen molar-refractivity contribution >= 4 is 22.5 Å². The number of nitrogens with one attached hydrogen (secondary N) is 2. The highest BCUT2D eigenvalue weighted by Crippen LogP contribution is 2.30. The van der Waals surface area contributed by atoms with Gasteiger partial charge >= 0.3 is 0 Å². The number of anilines is 1. The fourth-order valence-electron chi connectivity index (χ4n) is 5.40. The van der Waals surface area contributed by atoms with Crippen molar-refractivity contribution in [3.05, 3.63) is 71.9 Å². The third-order valence-corrected chi connectivity index (χ3v) is 7.56. The van der Waals surface area contributed by atoms with Gasteiger partial charge < -0.3 is 5.32 Å². The molecule has 39 heavy (non-hydrogen) atoms. The number of fused-ring (bicyclic) bond motifs is 1.